The molecule has 15 heavy (non-hydrogen) atoms. The van der Waals surface area contributed by atoms with E-state index in [0.717, 1.165) is 13.0 Å². The van der Waals surface area contributed by atoms with E-state index in [0.29, 0.717) is 23.4 Å². The van der Waals surface area contributed by atoms with Gasteiger partial charge in [-0.2, -0.15) is 0 Å². The van der Waals surface area contributed by atoms with Gasteiger partial charge in [0.2, 0.25) is 0 Å². The number of halogens is 1. The van der Waals surface area contributed by atoms with Crippen LogP contribution in [0, 0.1) is 11.3 Å². The molecule has 0 amide bonds. The van der Waals surface area contributed by atoms with Gasteiger partial charge >= 0.3 is 0 Å². The molecule has 2 N–H and O–H groups in total. The first-order valence-corrected chi connectivity index (χ1v) is 6.37. The highest BCUT2D eigenvalue weighted by Crippen LogP contribution is 2.54. The Morgan fingerprint density at radius 3 is 2.73 bits per heavy atom. The first kappa shape index (κ1) is 10.0. The molecular formula is C12H21FN2. The highest BCUT2D eigenvalue weighted by molar-refractivity contribution is 5.15. The summed E-state index contributed by atoms with van der Waals surface area (Å²) in [6.07, 6.45) is 5.95. The molecule has 2 saturated heterocycles. The Morgan fingerprint density at radius 1 is 1.27 bits per heavy atom. The third-order valence-electron chi connectivity index (χ3n) is 4.69. The minimum Gasteiger partial charge on any atom is -0.312 e. The SMILES string of the molecule is FCCC1CCNC(C2NCC23CC3)C1. The van der Waals surface area contributed by atoms with Crippen molar-refractivity contribution in [2.45, 2.75) is 44.2 Å². The monoisotopic (exact) mass is 212 g/mol. The molecule has 1 saturated carbocycles. The zero-order valence-electron chi connectivity index (χ0n) is 9.27. The Kier molecular flexibility index (Phi) is 2.48. The zero-order chi connectivity index (χ0) is 10.3. The summed E-state index contributed by atoms with van der Waals surface area (Å²) in [6.45, 7) is 2.17. The van der Waals surface area contributed by atoms with Gasteiger partial charge in [-0.15, -0.1) is 0 Å². The highest BCUT2D eigenvalue weighted by atomic mass is 19.1. The van der Waals surface area contributed by atoms with Gasteiger partial charge in [0.05, 0.1) is 6.67 Å². The third-order valence-corrected chi connectivity index (χ3v) is 4.69. The molecule has 2 nitrogen and oxygen atoms in total. The average molecular weight is 212 g/mol. The quantitative estimate of drug-likeness (QED) is 0.740. The summed E-state index contributed by atoms with van der Waals surface area (Å²) in [5.74, 6) is 0.624. The molecule has 0 aromatic heterocycles. The van der Waals surface area contributed by atoms with Gasteiger partial charge in [0.15, 0.2) is 0 Å². The number of nitrogens with one attached hydrogen (secondary N) is 2. The van der Waals surface area contributed by atoms with Crippen LogP contribution in [0.25, 0.3) is 0 Å². The van der Waals surface area contributed by atoms with Crippen molar-refractivity contribution in [3.63, 3.8) is 0 Å². The molecule has 1 aliphatic carbocycles. The Balaban J connectivity index is 1.57. The van der Waals surface area contributed by atoms with E-state index in [-0.39, 0.29) is 6.67 Å². The van der Waals surface area contributed by atoms with Crippen LogP contribution in [0.15, 0.2) is 0 Å². The summed E-state index contributed by atoms with van der Waals surface area (Å²) >= 11 is 0. The van der Waals surface area contributed by atoms with Crippen molar-refractivity contribution in [2.24, 2.45) is 11.3 Å². The molecule has 3 aliphatic rings. The van der Waals surface area contributed by atoms with Crippen molar-refractivity contribution in [3.05, 3.63) is 0 Å². The molecule has 0 radical (unpaired) electrons. The van der Waals surface area contributed by atoms with Gasteiger partial charge in [-0.1, -0.05) is 0 Å². The number of alkyl halides is 1. The van der Waals surface area contributed by atoms with Crippen molar-refractivity contribution in [3.8, 4) is 0 Å². The second kappa shape index (κ2) is 3.70. The number of rotatable bonds is 3. The summed E-state index contributed by atoms with van der Waals surface area (Å²) in [6, 6.07) is 1.31. The molecule has 2 heterocycles. The van der Waals surface area contributed by atoms with Gasteiger partial charge in [0.1, 0.15) is 0 Å². The van der Waals surface area contributed by atoms with Crippen molar-refractivity contribution < 1.29 is 4.39 Å². The molecule has 3 rings (SSSR count). The van der Waals surface area contributed by atoms with E-state index in [1.807, 2.05) is 0 Å². The lowest BCUT2D eigenvalue weighted by Gasteiger charge is -2.47. The maximum Gasteiger partial charge on any atom is 0.0897 e. The third kappa shape index (κ3) is 1.70. The van der Waals surface area contributed by atoms with E-state index in [4.69, 9.17) is 0 Å². The minimum atomic E-state index is -0.138. The molecule has 0 aromatic carbocycles. The van der Waals surface area contributed by atoms with E-state index in [9.17, 15) is 4.39 Å². The maximum atomic E-state index is 12.3. The van der Waals surface area contributed by atoms with Gasteiger partial charge in [-0.25, -0.2) is 0 Å². The van der Waals surface area contributed by atoms with E-state index in [2.05, 4.69) is 10.6 Å². The van der Waals surface area contributed by atoms with E-state index in [1.54, 1.807) is 0 Å². The fourth-order valence-electron chi connectivity index (χ4n) is 3.43. The average Bonchev–Trinajstić information content (AvgIpc) is 2.98. The van der Waals surface area contributed by atoms with Crippen LogP contribution in [-0.4, -0.2) is 31.8 Å². The summed E-state index contributed by atoms with van der Waals surface area (Å²) in [5, 5.41) is 7.19. The molecule has 2 aliphatic heterocycles. The first-order chi connectivity index (χ1) is 7.34. The molecule has 3 atom stereocenters. The number of hydrogen-bond acceptors (Lipinski definition) is 2. The molecule has 1 spiro atoms. The summed E-state index contributed by atoms with van der Waals surface area (Å²) < 4.78 is 12.3. The van der Waals surface area contributed by atoms with E-state index < -0.39 is 0 Å². The van der Waals surface area contributed by atoms with Gasteiger partial charge in [-0.05, 0) is 50.0 Å². The highest BCUT2D eigenvalue weighted by Gasteiger charge is 2.58. The van der Waals surface area contributed by atoms with Gasteiger partial charge in [0.25, 0.3) is 0 Å². The van der Waals surface area contributed by atoms with Gasteiger partial charge < -0.3 is 10.6 Å². The molecular weight excluding hydrogens is 191 g/mol. The second-order valence-corrected chi connectivity index (χ2v) is 5.65. The summed E-state index contributed by atoms with van der Waals surface area (Å²) in [7, 11) is 0. The Hall–Kier alpha value is -0.150. The van der Waals surface area contributed by atoms with Crippen LogP contribution in [0.4, 0.5) is 4.39 Å². The van der Waals surface area contributed by atoms with Crippen LogP contribution in [0.5, 0.6) is 0 Å². The van der Waals surface area contributed by atoms with Crippen LogP contribution in [0.1, 0.15) is 32.1 Å². The van der Waals surface area contributed by atoms with Crippen LogP contribution >= 0.6 is 0 Å². The summed E-state index contributed by atoms with van der Waals surface area (Å²) in [5.41, 5.74) is 0.662. The van der Waals surface area contributed by atoms with Crippen molar-refractivity contribution >= 4 is 0 Å². The van der Waals surface area contributed by atoms with E-state index >= 15 is 0 Å². The van der Waals surface area contributed by atoms with Gasteiger partial charge in [0, 0.05) is 18.6 Å². The van der Waals surface area contributed by atoms with Crippen molar-refractivity contribution in [1.82, 2.24) is 10.6 Å². The molecule has 3 unspecified atom stereocenters. The predicted molar refractivity (Wildman–Crippen MR) is 58.6 cm³/mol. The normalized spacial score (nSPS) is 42.6. The molecule has 0 aromatic rings. The molecule has 3 fully saturated rings. The van der Waals surface area contributed by atoms with Crippen LogP contribution < -0.4 is 10.6 Å². The second-order valence-electron chi connectivity index (χ2n) is 5.65. The topological polar surface area (TPSA) is 24.1 Å². The minimum absolute atomic E-state index is 0.138. The Bertz CT molecular complexity index is 238. The molecule has 3 heteroatoms. The van der Waals surface area contributed by atoms with Crippen molar-refractivity contribution in [1.29, 1.82) is 0 Å². The Labute approximate surface area is 91.0 Å². The van der Waals surface area contributed by atoms with Crippen molar-refractivity contribution in [2.75, 3.05) is 19.8 Å². The molecule has 0 bridgehead atoms. The van der Waals surface area contributed by atoms with Crippen LogP contribution in [0.3, 0.4) is 0 Å². The smallest absolute Gasteiger partial charge is 0.0897 e. The number of hydrogen-bond donors (Lipinski definition) is 2. The standard InChI is InChI=1S/C12H21FN2/c13-5-1-9-2-6-14-10(7-9)11-12(3-4-12)8-15-11/h9-11,14-15H,1-8H2. The largest absolute Gasteiger partial charge is 0.312 e. The predicted octanol–water partition coefficient (Wildman–Crippen LogP) is 1.47. The maximum absolute atomic E-state index is 12.3. The number of piperidine rings is 1. The van der Waals surface area contributed by atoms with E-state index in [1.165, 1.54) is 32.2 Å². The fraction of sp³-hybridized carbons (Fsp3) is 1.00. The first-order valence-electron chi connectivity index (χ1n) is 6.37. The van der Waals surface area contributed by atoms with Crippen LogP contribution in [0.2, 0.25) is 0 Å². The van der Waals surface area contributed by atoms with Gasteiger partial charge in [-0.3, -0.25) is 4.39 Å². The lowest BCUT2D eigenvalue weighted by Crippen LogP contribution is -2.65. The fourth-order valence-corrected chi connectivity index (χ4v) is 3.43. The zero-order valence-corrected chi connectivity index (χ0v) is 9.27. The lowest BCUT2D eigenvalue weighted by atomic mass is 9.77. The lowest BCUT2D eigenvalue weighted by molar-refractivity contribution is 0.119. The molecule has 86 valence electrons. The Morgan fingerprint density at radius 2 is 2.13 bits per heavy atom. The van der Waals surface area contributed by atoms with Crippen LogP contribution in [-0.2, 0) is 0 Å². The summed E-state index contributed by atoms with van der Waals surface area (Å²) in [4.78, 5) is 0.